The average molecular weight is 311 g/mol. The molecule has 1 saturated heterocycles. The van der Waals surface area contributed by atoms with Crippen molar-refractivity contribution < 1.29 is 14.3 Å². The van der Waals surface area contributed by atoms with Gasteiger partial charge in [0.1, 0.15) is 12.3 Å². The van der Waals surface area contributed by atoms with Crippen LogP contribution in [0.15, 0.2) is 42.5 Å². The molecular weight excluding hydrogens is 290 g/mol. The van der Waals surface area contributed by atoms with Gasteiger partial charge in [0.05, 0.1) is 0 Å². The van der Waals surface area contributed by atoms with E-state index in [4.69, 9.17) is 4.74 Å². The Kier molecular flexibility index (Phi) is 4.91. The van der Waals surface area contributed by atoms with E-state index in [1.165, 1.54) is 0 Å². The summed E-state index contributed by atoms with van der Waals surface area (Å²) >= 11 is 0. The highest BCUT2D eigenvalue weighted by molar-refractivity contribution is 5.86. The van der Waals surface area contributed by atoms with Gasteiger partial charge in [0.2, 0.25) is 5.91 Å². The molecule has 3 rings (SSSR count). The maximum Gasteiger partial charge on any atom is 0.331 e. The first-order chi connectivity index (χ1) is 11.2. The van der Waals surface area contributed by atoms with Gasteiger partial charge in [-0.25, -0.2) is 4.79 Å². The topological polar surface area (TPSA) is 46.6 Å². The van der Waals surface area contributed by atoms with Crippen LogP contribution in [0.4, 0.5) is 0 Å². The molecule has 2 aromatic carbocycles. The van der Waals surface area contributed by atoms with Crippen molar-refractivity contribution >= 4 is 22.6 Å². The Balaban J connectivity index is 1.64. The quantitative estimate of drug-likeness (QED) is 0.643. The third kappa shape index (κ3) is 4.09. The molecule has 1 aliphatic rings. The first-order valence-electron chi connectivity index (χ1n) is 8.20. The molecule has 1 aliphatic heterocycles. The fourth-order valence-corrected chi connectivity index (χ4v) is 2.93. The molecule has 0 aromatic heterocycles. The normalized spacial score (nSPS) is 16.0. The van der Waals surface area contributed by atoms with Crippen molar-refractivity contribution in [1.29, 1.82) is 0 Å². The molecular formula is C19H21NO3. The molecule has 0 unspecified atom stereocenters. The Morgan fingerprint density at radius 1 is 1.00 bits per heavy atom. The maximum absolute atomic E-state index is 12.1. The first-order valence-corrected chi connectivity index (χ1v) is 8.20. The Morgan fingerprint density at radius 2 is 1.78 bits per heavy atom. The van der Waals surface area contributed by atoms with Crippen LogP contribution in [0.5, 0.6) is 5.75 Å². The van der Waals surface area contributed by atoms with E-state index in [2.05, 4.69) is 0 Å². The first kappa shape index (κ1) is 15.5. The summed E-state index contributed by atoms with van der Waals surface area (Å²) in [4.78, 5) is 25.8. The molecule has 1 amide bonds. The second-order valence-electron chi connectivity index (χ2n) is 5.96. The van der Waals surface area contributed by atoms with Crippen molar-refractivity contribution in [1.82, 2.24) is 4.90 Å². The molecule has 0 radical (unpaired) electrons. The molecule has 4 nitrogen and oxygen atoms in total. The molecule has 0 aliphatic carbocycles. The highest BCUT2D eigenvalue weighted by Gasteiger charge is 2.19. The minimum absolute atomic E-state index is 0.0334. The van der Waals surface area contributed by atoms with E-state index in [0.717, 1.165) is 36.5 Å². The molecule has 0 bridgehead atoms. The van der Waals surface area contributed by atoms with E-state index in [-0.39, 0.29) is 18.4 Å². The molecule has 4 heteroatoms. The molecule has 0 atom stereocenters. The van der Waals surface area contributed by atoms with Gasteiger partial charge in [0.15, 0.2) is 0 Å². The molecule has 1 heterocycles. The average Bonchev–Trinajstić information content (AvgIpc) is 2.54. The second kappa shape index (κ2) is 7.27. The fourth-order valence-electron chi connectivity index (χ4n) is 2.93. The molecule has 2 aromatic rings. The van der Waals surface area contributed by atoms with Crippen LogP contribution in [0, 0.1) is 0 Å². The van der Waals surface area contributed by atoms with Gasteiger partial charge in [-0.2, -0.15) is 0 Å². The molecule has 0 N–H and O–H groups in total. The zero-order valence-corrected chi connectivity index (χ0v) is 13.2. The van der Waals surface area contributed by atoms with Gasteiger partial charge in [-0.15, -0.1) is 0 Å². The monoisotopic (exact) mass is 311 g/mol. The number of hydrogen-bond acceptors (Lipinski definition) is 3. The standard InChI is InChI=1S/C19H21NO3/c21-18-9-3-1-2-6-12-20(18)14-19(22)23-17-11-10-15-7-4-5-8-16(15)13-17/h4-5,7-8,10-11,13H,1-3,6,9,12,14H2. The van der Waals surface area contributed by atoms with Crippen molar-refractivity contribution in [2.75, 3.05) is 13.1 Å². The Morgan fingerprint density at radius 3 is 2.65 bits per heavy atom. The lowest BCUT2D eigenvalue weighted by molar-refractivity contribution is -0.143. The number of carbonyl (C=O) groups is 2. The summed E-state index contributed by atoms with van der Waals surface area (Å²) < 4.78 is 5.41. The smallest absolute Gasteiger partial charge is 0.331 e. The highest BCUT2D eigenvalue weighted by atomic mass is 16.5. The predicted octanol–water partition coefficient (Wildman–Crippen LogP) is 3.54. The van der Waals surface area contributed by atoms with Crippen molar-refractivity contribution in [3.63, 3.8) is 0 Å². The predicted molar refractivity (Wildman–Crippen MR) is 89.2 cm³/mol. The summed E-state index contributed by atoms with van der Waals surface area (Å²) in [7, 11) is 0. The molecule has 0 spiro atoms. The van der Waals surface area contributed by atoms with Crippen LogP contribution in [0.2, 0.25) is 0 Å². The molecule has 120 valence electrons. The second-order valence-corrected chi connectivity index (χ2v) is 5.96. The summed E-state index contributed by atoms with van der Waals surface area (Å²) in [6.45, 7) is 0.678. The summed E-state index contributed by atoms with van der Waals surface area (Å²) in [5.41, 5.74) is 0. The van der Waals surface area contributed by atoms with Crippen molar-refractivity contribution in [3.8, 4) is 5.75 Å². The number of nitrogens with zero attached hydrogens (tertiary/aromatic N) is 1. The molecule has 0 saturated carbocycles. The minimum Gasteiger partial charge on any atom is -0.425 e. The summed E-state index contributed by atoms with van der Waals surface area (Å²) in [6, 6.07) is 13.5. The lowest BCUT2D eigenvalue weighted by Crippen LogP contribution is -2.38. The number of rotatable bonds is 3. The third-order valence-corrected chi connectivity index (χ3v) is 4.19. The van der Waals surface area contributed by atoms with E-state index >= 15 is 0 Å². The van der Waals surface area contributed by atoms with Crippen LogP contribution >= 0.6 is 0 Å². The van der Waals surface area contributed by atoms with E-state index in [1.54, 1.807) is 11.0 Å². The van der Waals surface area contributed by atoms with Crippen LogP contribution in [-0.2, 0) is 9.59 Å². The Hall–Kier alpha value is -2.36. The zero-order chi connectivity index (χ0) is 16.1. The lowest BCUT2D eigenvalue weighted by Gasteiger charge is -2.23. The highest BCUT2D eigenvalue weighted by Crippen LogP contribution is 2.21. The number of benzene rings is 2. The number of ether oxygens (including phenoxy) is 1. The van der Waals surface area contributed by atoms with Crippen molar-refractivity contribution in [2.24, 2.45) is 0 Å². The number of fused-ring (bicyclic) bond motifs is 1. The van der Waals surface area contributed by atoms with Gasteiger partial charge < -0.3 is 9.64 Å². The van der Waals surface area contributed by atoms with E-state index in [0.29, 0.717) is 18.7 Å². The Bertz CT molecular complexity index is 711. The minimum atomic E-state index is -0.380. The van der Waals surface area contributed by atoms with Crippen LogP contribution in [0.1, 0.15) is 32.1 Å². The van der Waals surface area contributed by atoms with Crippen molar-refractivity contribution in [3.05, 3.63) is 42.5 Å². The van der Waals surface area contributed by atoms with Gasteiger partial charge in [0.25, 0.3) is 0 Å². The maximum atomic E-state index is 12.1. The SMILES string of the molecule is O=C(CN1CCCCCCC1=O)Oc1ccc2ccccc2c1. The number of hydrogen-bond donors (Lipinski definition) is 0. The van der Waals surface area contributed by atoms with Gasteiger partial charge in [-0.1, -0.05) is 43.2 Å². The number of amides is 1. The molecule has 1 fully saturated rings. The van der Waals surface area contributed by atoms with Gasteiger partial charge in [0, 0.05) is 13.0 Å². The van der Waals surface area contributed by atoms with Crippen LogP contribution in [0.3, 0.4) is 0 Å². The van der Waals surface area contributed by atoms with Crippen LogP contribution in [0.25, 0.3) is 10.8 Å². The van der Waals surface area contributed by atoms with Gasteiger partial charge in [-0.3, -0.25) is 4.79 Å². The zero-order valence-electron chi connectivity index (χ0n) is 13.2. The lowest BCUT2D eigenvalue weighted by atomic mass is 10.1. The van der Waals surface area contributed by atoms with E-state index in [9.17, 15) is 9.59 Å². The summed E-state index contributed by atoms with van der Waals surface area (Å²) in [5.74, 6) is 0.197. The number of carbonyl (C=O) groups excluding carboxylic acids is 2. The molecule has 23 heavy (non-hydrogen) atoms. The van der Waals surface area contributed by atoms with Crippen molar-refractivity contribution in [2.45, 2.75) is 32.1 Å². The van der Waals surface area contributed by atoms with E-state index in [1.807, 2.05) is 36.4 Å². The van der Waals surface area contributed by atoms with Gasteiger partial charge in [-0.05, 0) is 35.7 Å². The van der Waals surface area contributed by atoms with E-state index < -0.39 is 0 Å². The summed E-state index contributed by atoms with van der Waals surface area (Å²) in [5, 5.41) is 2.13. The third-order valence-electron chi connectivity index (χ3n) is 4.19. The largest absolute Gasteiger partial charge is 0.425 e. The van der Waals surface area contributed by atoms with Crippen LogP contribution < -0.4 is 4.74 Å². The van der Waals surface area contributed by atoms with Crippen LogP contribution in [-0.4, -0.2) is 29.9 Å². The fraction of sp³-hybridized carbons (Fsp3) is 0.368. The number of likely N-dealkylation sites (tertiary alicyclic amines) is 1. The summed E-state index contributed by atoms with van der Waals surface area (Å²) in [6.07, 6.45) is 4.61. The number of esters is 1. The van der Waals surface area contributed by atoms with Gasteiger partial charge >= 0.3 is 5.97 Å². The Labute approximate surface area is 136 Å².